The molecule has 1 N–H and O–H groups in total. The fourth-order valence-corrected chi connectivity index (χ4v) is 4.29. The molecule has 0 amide bonds. The van der Waals surface area contributed by atoms with Gasteiger partial charge in [-0.3, -0.25) is 0 Å². The van der Waals surface area contributed by atoms with Crippen molar-refractivity contribution in [1.82, 2.24) is 5.32 Å². The van der Waals surface area contributed by atoms with Gasteiger partial charge in [0.25, 0.3) is 0 Å². The van der Waals surface area contributed by atoms with Crippen molar-refractivity contribution in [1.29, 1.82) is 0 Å². The molecule has 1 heterocycles. The number of nitrogens with one attached hydrogen (secondary N) is 1. The van der Waals surface area contributed by atoms with E-state index in [9.17, 15) is 0 Å². The average Bonchev–Trinajstić information content (AvgIpc) is 2.89. The van der Waals surface area contributed by atoms with Crippen molar-refractivity contribution in [3.05, 3.63) is 22.4 Å². The highest BCUT2D eigenvalue weighted by Gasteiger charge is 2.33. The summed E-state index contributed by atoms with van der Waals surface area (Å²) in [5.41, 5.74) is 0. The van der Waals surface area contributed by atoms with Crippen LogP contribution in [0, 0.1) is 17.8 Å². The van der Waals surface area contributed by atoms with Gasteiger partial charge < -0.3 is 5.32 Å². The quantitative estimate of drug-likeness (QED) is 0.808. The maximum atomic E-state index is 3.66. The van der Waals surface area contributed by atoms with Gasteiger partial charge in [0, 0.05) is 10.9 Å². The molecule has 3 atom stereocenters. The second kappa shape index (κ2) is 6.90. The lowest BCUT2D eigenvalue weighted by molar-refractivity contribution is 0.190. The first-order valence-corrected chi connectivity index (χ1v) is 8.72. The fraction of sp³-hybridized carbons (Fsp3) is 0.765. The molecule has 0 aromatic carbocycles. The number of thiophene rings is 1. The first-order valence-electron chi connectivity index (χ1n) is 7.84. The van der Waals surface area contributed by atoms with Crippen LogP contribution >= 0.6 is 11.3 Å². The molecule has 1 aliphatic rings. The Morgan fingerprint density at radius 3 is 2.63 bits per heavy atom. The topological polar surface area (TPSA) is 12.0 Å². The van der Waals surface area contributed by atoms with E-state index in [1.807, 2.05) is 11.3 Å². The molecule has 0 spiro atoms. The van der Waals surface area contributed by atoms with Gasteiger partial charge in [0.15, 0.2) is 0 Å². The fourth-order valence-electron chi connectivity index (χ4n) is 3.35. The normalized spacial score (nSPS) is 28.2. The largest absolute Gasteiger partial charge is 0.314 e. The van der Waals surface area contributed by atoms with Crippen LogP contribution in [0.25, 0.3) is 0 Å². The van der Waals surface area contributed by atoms with E-state index in [4.69, 9.17) is 0 Å². The SMILES string of the molecule is CC(C)NCC1CCC(C(C)C)CC1c1cccs1. The van der Waals surface area contributed by atoms with E-state index in [-0.39, 0.29) is 0 Å². The van der Waals surface area contributed by atoms with Gasteiger partial charge >= 0.3 is 0 Å². The molecule has 2 heteroatoms. The maximum absolute atomic E-state index is 3.66. The average molecular weight is 279 g/mol. The van der Waals surface area contributed by atoms with Crippen LogP contribution in [-0.2, 0) is 0 Å². The van der Waals surface area contributed by atoms with E-state index < -0.39 is 0 Å². The van der Waals surface area contributed by atoms with Crippen LogP contribution in [-0.4, -0.2) is 12.6 Å². The highest BCUT2D eigenvalue weighted by molar-refractivity contribution is 7.10. The van der Waals surface area contributed by atoms with Gasteiger partial charge in [-0.15, -0.1) is 11.3 Å². The molecule has 1 aliphatic carbocycles. The number of hydrogen-bond donors (Lipinski definition) is 1. The van der Waals surface area contributed by atoms with Crippen molar-refractivity contribution in [2.24, 2.45) is 17.8 Å². The third-order valence-electron chi connectivity index (χ3n) is 4.67. The van der Waals surface area contributed by atoms with E-state index in [0.29, 0.717) is 6.04 Å². The van der Waals surface area contributed by atoms with Gasteiger partial charge in [0.2, 0.25) is 0 Å². The minimum Gasteiger partial charge on any atom is -0.314 e. The predicted octanol–water partition coefficient (Wildman–Crippen LogP) is 4.90. The molecule has 2 rings (SSSR count). The molecule has 108 valence electrons. The second-order valence-electron chi connectivity index (χ2n) is 6.76. The smallest absolute Gasteiger partial charge is 0.00795 e. The molecule has 1 fully saturated rings. The van der Waals surface area contributed by atoms with Crippen LogP contribution in [0.5, 0.6) is 0 Å². The Balaban J connectivity index is 2.05. The minimum absolute atomic E-state index is 0.604. The van der Waals surface area contributed by atoms with Crippen LogP contribution in [0.3, 0.4) is 0 Å². The maximum Gasteiger partial charge on any atom is 0.00795 e. The summed E-state index contributed by atoms with van der Waals surface area (Å²) in [5.74, 6) is 3.37. The lowest BCUT2D eigenvalue weighted by atomic mass is 9.70. The molecule has 1 nitrogen and oxygen atoms in total. The predicted molar refractivity (Wildman–Crippen MR) is 85.9 cm³/mol. The Morgan fingerprint density at radius 2 is 2.05 bits per heavy atom. The Kier molecular flexibility index (Phi) is 5.47. The van der Waals surface area contributed by atoms with Crippen molar-refractivity contribution >= 4 is 11.3 Å². The zero-order chi connectivity index (χ0) is 13.8. The first-order chi connectivity index (χ1) is 9.08. The molecule has 1 saturated carbocycles. The summed E-state index contributed by atoms with van der Waals surface area (Å²) in [6.07, 6.45) is 4.21. The molecule has 0 saturated heterocycles. The Morgan fingerprint density at radius 1 is 1.26 bits per heavy atom. The molecule has 1 aromatic rings. The molecule has 3 unspecified atom stereocenters. The summed E-state index contributed by atoms with van der Waals surface area (Å²) >= 11 is 1.95. The lowest BCUT2D eigenvalue weighted by Gasteiger charge is -2.38. The van der Waals surface area contributed by atoms with Gasteiger partial charge in [-0.1, -0.05) is 33.8 Å². The van der Waals surface area contributed by atoms with Crippen LogP contribution in [0.4, 0.5) is 0 Å². The third kappa shape index (κ3) is 4.06. The van der Waals surface area contributed by atoms with Crippen molar-refractivity contribution in [2.75, 3.05) is 6.54 Å². The Labute approximate surface area is 122 Å². The molecule has 1 aromatic heterocycles. The Hall–Kier alpha value is -0.340. The molecular formula is C17H29NS. The zero-order valence-corrected chi connectivity index (χ0v) is 13.7. The van der Waals surface area contributed by atoms with Crippen molar-refractivity contribution < 1.29 is 0 Å². The van der Waals surface area contributed by atoms with Gasteiger partial charge in [-0.25, -0.2) is 0 Å². The van der Waals surface area contributed by atoms with Crippen LogP contribution in [0.1, 0.15) is 57.8 Å². The zero-order valence-electron chi connectivity index (χ0n) is 12.9. The summed E-state index contributed by atoms with van der Waals surface area (Å²) < 4.78 is 0. The van der Waals surface area contributed by atoms with E-state index in [1.54, 1.807) is 4.88 Å². The van der Waals surface area contributed by atoms with Gasteiger partial charge in [-0.2, -0.15) is 0 Å². The molecule has 0 aliphatic heterocycles. The van der Waals surface area contributed by atoms with Gasteiger partial charge in [0.05, 0.1) is 0 Å². The molecule has 0 bridgehead atoms. The van der Waals surface area contributed by atoms with Gasteiger partial charge in [-0.05, 0) is 60.9 Å². The van der Waals surface area contributed by atoms with Gasteiger partial charge in [0.1, 0.15) is 0 Å². The monoisotopic (exact) mass is 279 g/mol. The van der Waals surface area contributed by atoms with Crippen molar-refractivity contribution in [3.63, 3.8) is 0 Å². The first kappa shape index (κ1) is 15.1. The summed E-state index contributed by atoms with van der Waals surface area (Å²) in [7, 11) is 0. The van der Waals surface area contributed by atoms with Crippen LogP contribution in [0.15, 0.2) is 17.5 Å². The Bertz CT molecular complexity index is 355. The van der Waals surface area contributed by atoms with E-state index in [0.717, 1.165) is 23.7 Å². The standard InChI is InChI=1S/C17H29NS/c1-12(2)14-7-8-15(11-18-13(3)4)16(10-14)17-6-5-9-19-17/h5-6,9,12-16,18H,7-8,10-11H2,1-4H3. The number of hydrogen-bond acceptors (Lipinski definition) is 2. The van der Waals surface area contributed by atoms with Crippen LogP contribution in [0.2, 0.25) is 0 Å². The molecule has 19 heavy (non-hydrogen) atoms. The summed E-state index contributed by atoms with van der Waals surface area (Å²) in [5, 5.41) is 5.89. The minimum atomic E-state index is 0.604. The third-order valence-corrected chi connectivity index (χ3v) is 5.68. The summed E-state index contributed by atoms with van der Waals surface area (Å²) in [4.78, 5) is 1.61. The van der Waals surface area contributed by atoms with Crippen molar-refractivity contribution in [2.45, 2.75) is 58.9 Å². The lowest BCUT2D eigenvalue weighted by Crippen LogP contribution is -2.35. The van der Waals surface area contributed by atoms with E-state index in [2.05, 4.69) is 50.5 Å². The van der Waals surface area contributed by atoms with E-state index in [1.165, 1.54) is 25.8 Å². The van der Waals surface area contributed by atoms with Crippen molar-refractivity contribution in [3.8, 4) is 0 Å². The summed E-state index contributed by atoms with van der Waals surface area (Å²) in [6.45, 7) is 10.5. The number of rotatable bonds is 5. The van der Waals surface area contributed by atoms with Crippen LogP contribution < -0.4 is 5.32 Å². The second-order valence-corrected chi connectivity index (χ2v) is 7.74. The molecular weight excluding hydrogens is 250 g/mol. The van der Waals surface area contributed by atoms with E-state index >= 15 is 0 Å². The molecule has 0 radical (unpaired) electrons. The summed E-state index contributed by atoms with van der Waals surface area (Å²) in [6, 6.07) is 5.17. The highest BCUT2D eigenvalue weighted by Crippen LogP contribution is 2.44. The highest BCUT2D eigenvalue weighted by atomic mass is 32.1.